The molecular formula is C23H18ClN7O. The molecule has 0 unspecified atom stereocenters. The van der Waals surface area contributed by atoms with E-state index in [4.69, 9.17) is 17.3 Å². The van der Waals surface area contributed by atoms with Crippen LogP contribution < -0.4 is 16.6 Å². The molecule has 8 nitrogen and oxygen atoms in total. The van der Waals surface area contributed by atoms with Crippen molar-refractivity contribution in [3.63, 3.8) is 0 Å². The number of nitrogens with zero attached hydrogens (tertiary/aromatic N) is 5. The molecule has 2 aromatic carbocycles. The highest BCUT2D eigenvalue weighted by atomic mass is 35.5. The minimum absolute atomic E-state index is 0.0819. The molecule has 1 atom stereocenters. The van der Waals surface area contributed by atoms with Crippen LogP contribution in [0, 0.1) is 0 Å². The molecule has 5 aromatic rings. The third-order valence-corrected chi connectivity index (χ3v) is 5.50. The number of aromatic nitrogens is 5. The van der Waals surface area contributed by atoms with Crippen LogP contribution in [0.15, 0.2) is 71.8 Å². The van der Waals surface area contributed by atoms with E-state index in [1.54, 1.807) is 23.0 Å². The molecule has 32 heavy (non-hydrogen) atoms. The molecule has 0 radical (unpaired) electrons. The van der Waals surface area contributed by atoms with Crippen molar-refractivity contribution in [1.29, 1.82) is 0 Å². The molecule has 0 aliphatic heterocycles. The largest absolute Gasteiger partial charge is 0.368 e. The van der Waals surface area contributed by atoms with Crippen LogP contribution in [-0.2, 0) is 0 Å². The number of fused-ring (bicyclic) bond motifs is 2. The molecule has 0 saturated heterocycles. The normalized spacial score (nSPS) is 12.2. The van der Waals surface area contributed by atoms with Gasteiger partial charge in [-0.1, -0.05) is 41.9 Å². The number of hydrogen-bond donors (Lipinski definition) is 2. The summed E-state index contributed by atoms with van der Waals surface area (Å²) in [5.41, 5.74) is 8.02. The van der Waals surface area contributed by atoms with E-state index in [-0.39, 0.29) is 17.5 Å². The van der Waals surface area contributed by atoms with Gasteiger partial charge in [-0.25, -0.2) is 9.97 Å². The highest BCUT2D eigenvalue weighted by Gasteiger charge is 2.19. The van der Waals surface area contributed by atoms with Gasteiger partial charge < -0.3 is 11.1 Å². The smallest absolute Gasteiger partial charge is 0.264 e. The Labute approximate surface area is 187 Å². The molecule has 3 N–H and O–H groups in total. The molecule has 158 valence electrons. The number of nitrogens with one attached hydrogen (secondary N) is 1. The van der Waals surface area contributed by atoms with Gasteiger partial charge in [0.25, 0.3) is 5.56 Å². The first kappa shape index (κ1) is 19.9. The van der Waals surface area contributed by atoms with Crippen LogP contribution in [0.1, 0.15) is 18.7 Å². The number of hydrogen-bond acceptors (Lipinski definition) is 7. The summed E-state index contributed by atoms with van der Waals surface area (Å²) in [7, 11) is 0. The van der Waals surface area contributed by atoms with Crippen LogP contribution in [0.3, 0.4) is 0 Å². The number of para-hydroxylation sites is 1. The van der Waals surface area contributed by atoms with Crippen molar-refractivity contribution in [1.82, 2.24) is 24.5 Å². The molecule has 3 aromatic heterocycles. The Balaban J connectivity index is 1.71. The Bertz CT molecular complexity index is 1520. The first-order valence-electron chi connectivity index (χ1n) is 9.93. The van der Waals surface area contributed by atoms with E-state index < -0.39 is 0 Å². The molecule has 0 fully saturated rings. The van der Waals surface area contributed by atoms with Crippen molar-refractivity contribution in [2.75, 3.05) is 11.1 Å². The number of nitrogen functional groups attached to an aromatic ring is 1. The van der Waals surface area contributed by atoms with E-state index in [9.17, 15) is 4.79 Å². The van der Waals surface area contributed by atoms with Crippen molar-refractivity contribution >= 4 is 45.3 Å². The maximum absolute atomic E-state index is 13.6. The average Bonchev–Trinajstić information content (AvgIpc) is 2.79. The number of rotatable bonds is 4. The summed E-state index contributed by atoms with van der Waals surface area (Å²) in [5, 5.41) is 4.97. The lowest BCUT2D eigenvalue weighted by Gasteiger charge is -2.22. The van der Waals surface area contributed by atoms with Crippen molar-refractivity contribution in [2.45, 2.75) is 13.0 Å². The molecule has 0 aliphatic rings. The molecule has 0 amide bonds. The van der Waals surface area contributed by atoms with Crippen LogP contribution in [0.5, 0.6) is 0 Å². The molecular weight excluding hydrogens is 426 g/mol. The number of pyridine rings is 1. The molecule has 0 saturated carbocycles. The summed E-state index contributed by atoms with van der Waals surface area (Å²) in [6, 6.07) is 16.5. The third-order valence-electron chi connectivity index (χ3n) is 5.19. The number of benzene rings is 2. The van der Waals surface area contributed by atoms with Gasteiger partial charge in [-0.2, -0.15) is 9.97 Å². The molecule has 5 rings (SSSR count). The maximum Gasteiger partial charge on any atom is 0.264 e. The molecule has 3 heterocycles. The summed E-state index contributed by atoms with van der Waals surface area (Å²) in [6.07, 6.45) is 3.11. The Morgan fingerprint density at radius 3 is 2.62 bits per heavy atom. The van der Waals surface area contributed by atoms with E-state index in [0.29, 0.717) is 27.4 Å². The zero-order valence-electron chi connectivity index (χ0n) is 17.0. The third kappa shape index (κ3) is 3.40. The van der Waals surface area contributed by atoms with Gasteiger partial charge in [-0.3, -0.25) is 9.36 Å². The van der Waals surface area contributed by atoms with E-state index in [2.05, 4.69) is 25.3 Å². The first-order chi connectivity index (χ1) is 15.5. The van der Waals surface area contributed by atoms with Gasteiger partial charge in [0.1, 0.15) is 0 Å². The zero-order chi connectivity index (χ0) is 22.2. The van der Waals surface area contributed by atoms with E-state index in [0.717, 1.165) is 16.8 Å². The van der Waals surface area contributed by atoms with Gasteiger partial charge >= 0.3 is 0 Å². The van der Waals surface area contributed by atoms with Gasteiger partial charge in [-0.15, -0.1) is 0 Å². The summed E-state index contributed by atoms with van der Waals surface area (Å²) in [4.78, 5) is 30.6. The quantitative estimate of drug-likeness (QED) is 0.429. The second-order valence-corrected chi connectivity index (χ2v) is 7.68. The zero-order valence-corrected chi connectivity index (χ0v) is 17.8. The standard InChI is InChI=1S/C23H18ClN7O/c1-13(28-21-19-20(27-11-10-26-19)29-23(25)30-21)17-12-14-6-5-9-16(24)18(14)22(32)31(17)15-7-3-2-4-8-15/h2-13H,1H3,(H3,25,27,28,29,30)/t13-/m0/s1. The summed E-state index contributed by atoms with van der Waals surface area (Å²) in [5.74, 6) is 0.518. The summed E-state index contributed by atoms with van der Waals surface area (Å²) >= 11 is 6.39. The van der Waals surface area contributed by atoms with Crippen molar-refractivity contribution in [3.05, 3.63) is 88.1 Å². The highest BCUT2D eigenvalue weighted by molar-refractivity contribution is 6.35. The van der Waals surface area contributed by atoms with Crippen LogP contribution >= 0.6 is 11.6 Å². The van der Waals surface area contributed by atoms with E-state index in [1.807, 2.05) is 55.5 Å². The first-order valence-corrected chi connectivity index (χ1v) is 10.3. The lowest BCUT2D eigenvalue weighted by Crippen LogP contribution is -2.26. The van der Waals surface area contributed by atoms with Gasteiger partial charge in [0.15, 0.2) is 17.0 Å². The van der Waals surface area contributed by atoms with E-state index in [1.165, 1.54) is 0 Å². The Kier molecular flexibility index (Phi) is 4.91. The lowest BCUT2D eigenvalue weighted by atomic mass is 10.1. The van der Waals surface area contributed by atoms with Gasteiger partial charge in [0.05, 0.1) is 16.5 Å². The lowest BCUT2D eigenvalue weighted by molar-refractivity contribution is 0.774. The minimum Gasteiger partial charge on any atom is -0.368 e. The van der Waals surface area contributed by atoms with Crippen LogP contribution in [0.4, 0.5) is 11.8 Å². The number of anilines is 2. The fourth-order valence-electron chi connectivity index (χ4n) is 3.76. The Hall–Kier alpha value is -4.04. The molecule has 0 spiro atoms. The predicted octanol–water partition coefficient (Wildman–Crippen LogP) is 4.13. The second kappa shape index (κ2) is 7.90. The number of nitrogens with two attached hydrogens (primary N) is 1. The van der Waals surface area contributed by atoms with Gasteiger partial charge in [0.2, 0.25) is 5.95 Å². The van der Waals surface area contributed by atoms with E-state index >= 15 is 0 Å². The van der Waals surface area contributed by atoms with Crippen LogP contribution in [-0.4, -0.2) is 24.5 Å². The highest BCUT2D eigenvalue weighted by Crippen LogP contribution is 2.28. The fourth-order valence-corrected chi connectivity index (χ4v) is 4.02. The van der Waals surface area contributed by atoms with Gasteiger partial charge in [-0.05, 0) is 36.6 Å². The van der Waals surface area contributed by atoms with Crippen molar-refractivity contribution in [2.24, 2.45) is 0 Å². The topological polar surface area (TPSA) is 112 Å². The summed E-state index contributed by atoms with van der Waals surface area (Å²) < 4.78 is 1.66. The Morgan fingerprint density at radius 2 is 1.81 bits per heavy atom. The van der Waals surface area contributed by atoms with Crippen LogP contribution in [0.2, 0.25) is 5.02 Å². The molecule has 0 aliphatic carbocycles. The minimum atomic E-state index is -0.342. The maximum atomic E-state index is 13.6. The average molecular weight is 444 g/mol. The SMILES string of the molecule is C[C@H](Nc1nc(N)nc2nccnc12)c1cc2cccc(Cl)c2c(=O)n1-c1ccccc1. The molecule has 9 heteroatoms. The monoisotopic (exact) mass is 443 g/mol. The number of halogens is 1. The van der Waals surface area contributed by atoms with Crippen molar-refractivity contribution in [3.8, 4) is 5.69 Å². The second-order valence-electron chi connectivity index (χ2n) is 7.27. The predicted molar refractivity (Wildman–Crippen MR) is 126 cm³/mol. The Morgan fingerprint density at radius 1 is 1.03 bits per heavy atom. The van der Waals surface area contributed by atoms with Crippen LogP contribution in [0.25, 0.3) is 27.6 Å². The summed E-state index contributed by atoms with van der Waals surface area (Å²) in [6.45, 7) is 1.94. The molecule has 0 bridgehead atoms. The van der Waals surface area contributed by atoms with Crippen molar-refractivity contribution < 1.29 is 0 Å². The fraction of sp³-hybridized carbons (Fsp3) is 0.0870. The van der Waals surface area contributed by atoms with Gasteiger partial charge in [0, 0.05) is 23.8 Å².